The van der Waals surface area contributed by atoms with Gasteiger partial charge >= 0.3 is 0 Å². The molecule has 6 nitrogen and oxygen atoms in total. The fourth-order valence-electron chi connectivity index (χ4n) is 2.23. The Balaban J connectivity index is 1.58. The first-order valence-corrected chi connectivity index (χ1v) is 9.82. The summed E-state index contributed by atoms with van der Waals surface area (Å²) in [6.07, 6.45) is 1.50. The van der Waals surface area contributed by atoms with Gasteiger partial charge in [-0.3, -0.25) is 20.4 Å². The number of thioether (sulfide) groups is 1. The maximum atomic E-state index is 12.0. The van der Waals surface area contributed by atoms with Crippen LogP contribution in [0.2, 0.25) is 5.02 Å². The average Bonchev–Trinajstić information content (AvgIpc) is 2.93. The van der Waals surface area contributed by atoms with E-state index in [-0.39, 0.29) is 11.7 Å². The van der Waals surface area contributed by atoms with Crippen molar-refractivity contribution in [1.29, 1.82) is 0 Å². The number of nitrogens with zero attached hydrogens (tertiary/aromatic N) is 2. The van der Waals surface area contributed by atoms with Crippen LogP contribution in [0.15, 0.2) is 35.6 Å². The Labute approximate surface area is 163 Å². The summed E-state index contributed by atoms with van der Waals surface area (Å²) in [5.74, 6) is -0.608. The fourth-order valence-corrected chi connectivity index (χ4v) is 4.27. The molecule has 26 heavy (non-hydrogen) atoms. The van der Waals surface area contributed by atoms with Crippen LogP contribution in [0, 0.1) is 13.8 Å². The molecule has 0 saturated carbocycles. The van der Waals surface area contributed by atoms with Crippen LogP contribution in [0.4, 0.5) is 0 Å². The van der Waals surface area contributed by atoms with Crippen LogP contribution in [0.25, 0.3) is 10.2 Å². The van der Waals surface area contributed by atoms with Gasteiger partial charge in [0.05, 0.1) is 5.75 Å². The maximum Gasteiger partial charge on any atom is 0.269 e. The summed E-state index contributed by atoms with van der Waals surface area (Å²) in [6.45, 7) is 4.06. The molecule has 0 atom stereocenters. The second kappa shape index (κ2) is 8.03. The van der Waals surface area contributed by atoms with E-state index in [4.69, 9.17) is 11.6 Å². The van der Waals surface area contributed by atoms with Crippen molar-refractivity contribution in [3.05, 3.63) is 51.6 Å². The molecule has 0 bridgehead atoms. The van der Waals surface area contributed by atoms with Crippen molar-refractivity contribution in [3.8, 4) is 0 Å². The molecule has 2 amide bonds. The highest BCUT2D eigenvalue weighted by Gasteiger charge is 2.14. The van der Waals surface area contributed by atoms with E-state index in [1.54, 1.807) is 35.6 Å². The standard InChI is InChI=1S/C17H15ClN4O2S2/c1-9-10(2)26-17-14(9)16(19-8-20-17)25-7-13(23)21-22-15(24)11-3-5-12(18)6-4-11/h3-6,8H,7H2,1-2H3,(H,21,23)(H,22,24). The highest BCUT2D eigenvalue weighted by molar-refractivity contribution is 8.00. The fraction of sp³-hybridized carbons (Fsp3) is 0.176. The van der Waals surface area contributed by atoms with Crippen LogP contribution in [-0.4, -0.2) is 27.5 Å². The van der Waals surface area contributed by atoms with Crippen molar-refractivity contribution in [3.63, 3.8) is 0 Å². The lowest BCUT2D eigenvalue weighted by Crippen LogP contribution is -2.42. The van der Waals surface area contributed by atoms with Gasteiger partial charge in [0.1, 0.15) is 16.2 Å². The largest absolute Gasteiger partial charge is 0.272 e. The van der Waals surface area contributed by atoms with Crippen LogP contribution >= 0.6 is 34.7 Å². The van der Waals surface area contributed by atoms with Crippen molar-refractivity contribution in [2.45, 2.75) is 18.9 Å². The molecular formula is C17H15ClN4O2S2. The van der Waals surface area contributed by atoms with Crippen LogP contribution in [0.1, 0.15) is 20.8 Å². The number of nitrogens with one attached hydrogen (secondary N) is 2. The molecule has 134 valence electrons. The molecule has 3 rings (SSSR count). The molecule has 0 saturated heterocycles. The Bertz CT molecular complexity index is 973. The maximum absolute atomic E-state index is 12.0. The van der Waals surface area contributed by atoms with Crippen molar-refractivity contribution in [1.82, 2.24) is 20.8 Å². The molecule has 9 heteroatoms. The van der Waals surface area contributed by atoms with Gasteiger partial charge in [-0.05, 0) is 43.7 Å². The minimum atomic E-state index is -0.409. The van der Waals surface area contributed by atoms with E-state index in [9.17, 15) is 9.59 Å². The summed E-state index contributed by atoms with van der Waals surface area (Å²) in [7, 11) is 0. The van der Waals surface area contributed by atoms with Crippen LogP contribution in [-0.2, 0) is 4.79 Å². The molecule has 0 aliphatic heterocycles. The van der Waals surface area contributed by atoms with E-state index in [0.717, 1.165) is 20.8 Å². The quantitative estimate of drug-likeness (QED) is 0.393. The molecule has 2 aromatic heterocycles. The van der Waals surface area contributed by atoms with E-state index < -0.39 is 5.91 Å². The molecule has 2 N–H and O–H groups in total. The number of hydrogen-bond acceptors (Lipinski definition) is 6. The van der Waals surface area contributed by atoms with Gasteiger partial charge in [0.15, 0.2) is 0 Å². The molecule has 0 spiro atoms. The number of fused-ring (bicyclic) bond motifs is 1. The van der Waals surface area contributed by atoms with Crippen LogP contribution in [0.3, 0.4) is 0 Å². The van der Waals surface area contributed by atoms with Crippen LogP contribution < -0.4 is 10.9 Å². The molecule has 2 heterocycles. The Morgan fingerprint density at radius 3 is 2.62 bits per heavy atom. The van der Waals surface area contributed by atoms with Gasteiger partial charge in [0, 0.05) is 20.8 Å². The van der Waals surface area contributed by atoms with Crippen molar-refractivity contribution in [2.24, 2.45) is 0 Å². The van der Waals surface area contributed by atoms with Gasteiger partial charge < -0.3 is 0 Å². The number of rotatable bonds is 4. The summed E-state index contributed by atoms with van der Waals surface area (Å²) < 4.78 is 0. The Morgan fingerprint density at radius 1 is 1.15 bits per heavy atom. The SMILES string of the molecule is Cc1sc2ncnc(SCC(=O)NNC(=O)c3ccc(Cl)cc3)c2c1C. The van der Waals surface area contributed by atoms with Crippen molar-refractivity contribution in [2.75, 3.05) is 5.75 Å². The number of amides is 2. The molecule has 0 radical (unpaired) electrons. The number of halogens is 1. The molecular weight excluding hydrogens is 392 g/mol. The predicted octanol–water partition coefficient (Wildman–Crippen LogP) is 3.51. The second-order valence-electron chi connectivity index (χ2n) is 5.44. The third-order valence-electron chi connectivity index (χ3n) is 3.69. The van der Waals surface area contributed by atoms with Crippen molar-refractivity contribution < 1.29 is 9.59 Å². The highest BCUT2D eigenvalue weighted by atomic mass is 35.5. The smallest absolute Gasteiger partial charge is 0.269 e. The minimum Gasteiger partial charge on any atom is -0.272 e. The number of thiophene rings is 1. The van der Waals surface area contributed by atoms with Gasteiger partial charge in [-0.15, -0.1) is 11.3 Å². The molecule has 3 aromatic rings. The minimum absolute atomic E-state index is 0.126. The Morgan fingerprint density at radius 2 is 1.88 bits per heavy atom. The summed E-state index contributed by atoms with van der Waals surface area (Å²) in [5, 5.41) is 2.28. The van der Waals surface area contributed by atoms with Crippen molar-refractivity contribution >= 4 is 56.7 Å². The lowest BCUT2D eigenvalue weighted by atomic mass is 10.2. The lowest BCUT2D eigenvalue weighted by molar-refractivity contribution is -0.119. The lowest BCUT2D eigenvalue weighted by Gasteiger charge is -2.07. The monoisotopic (exact) mass is 406 g/mol. The van der Waals surface area contributed by atoms with Gasteiger partial charge in [-0.1, -0.05) is 23.4 Å². The number of hydrazine groups is 1. The Hall–Kier alpha value is -2.16. The third kappa shape index (κ3) is 4.14. The first-order valence-electron chi connectivity index (χ1n) is 7.64. The first kappa shape index (κ1) is 18.6. The van der Waals surface area contributed by atoms with E-state index in [2.05, 4.69) is 20.8 Å². The Kier molecular flexibility index (Phi) is 5.75. The zero-order valence-electron chi connectivity index (χ0n) is 14.0. The number of benzene rings is 1. The zero-order chi connectivity index (χ0) is 18.7. The molecule has 0 unspecified atom stereocenters. The van der Waals surface area contributed by atoms with E-state index in [0.29, 0.717) is 10.6 Å². The van der Waals surface area contributed by atoms with Gasteiger partial charge in [0.25, 0.3) is 5.91 Å². The van der Waals surface area contributed by atoms with Gasteiger partial charge in [0.2, 0.25) is 5.91 Å². The number of aryl methyl sites for hydroxylation is 2. The number of aromatic nitrogens is 2. The predicted molar refractivity (Wildman–Crippen MR) is 105 cm³/mol. The topological polar surface area (TPSA) is 84.0 Å². The van der Waals surface area contributed by atoms with E-state index in [1.165, 1.54) is 23.0 Å². The number of carbonyl (C=O) groups is 2. The average molecular weight is 407 g/mol. The van der Waals surface area contributed by atoms with E-state index >= 15 is 0 Å². The molecule has 1 aromatic carbocycles. The molecule has 0 aliphatic carbocycles. The third-order valence-corrected chi connectivity index (χ3v) is 6.05. The normalized spacial score (nSPS) is 10.7. The van der Waals surface area contributed by atoms with Gasteiger partial charge in [-0.25, -0.2) is 9.97 Å². The summed E-state index contributed by atoms with van der Waals surface area (Å²) in [6, 6.07) is 6.38. The highest BCUT2D eigenvalue weighted by Crippen LogP contribution is 2.34. The second-order valence-corrected chi connectivity index (χ2v) is 8.04. The summed E-state index contributed by atoms with van der Waals surface area (Å²) in [4.78, 5) is 34.6. The summed E-state index contributed by atoms with van der Waals surface area (Å²) >= 11 is 8.70. The van der Waals surface area contributed by atoms with Gasteiger partial charge in [-0.2, -0.15) is 0 Å². The van der Waals surface area contributed by atoms with Crippen LogP contribution in [0.5, 0.6) is 0 Å². The number of hydrogen-bond donors (Lipinski definition) is 2. The number of carbonyl (C=O) groups excluding carboxylic acids is 2. The zero-order valence-corrected chi connectivity index (χ0v) is 16.4. The summed E-state index contributed by atoms with van der Waals surface area (Å²) in [5.41, 5.74) is 6.32. The van der Waals surface area contributed by atoms with E-state index in [1.807, 2.05) is 13.8 Å². The first-order chi connectivity index (χ1) is 12.5. The molecule has 0 fully saturated rings. The molecule has 0 aliphatic rings.